The molecule has 4 aromatic rings. The van der Waals surface area contributed by atoms with Crippen LogP contribution in [0, 0.1) is 0 Å². The number of nitrogens with one attached hydrogen (secondary N) is 4. The highest BCUT2D eigenvalue weighted by Crippen LogP contribution is 2.36. The van der Waals surface area contributed by atoms with Crippen LogP contribution in [0.4, 0.5) is 34.5 Å². The Bertz CT molecular complexity index is 1320. The molecule has 0 fully saturated rings. The van der Waals surface area contributed by atoms with Gasteiger partial charge in [-0.3, -0.25) is 10.7 Å². The van der Waals surface area contributed by atoms with Gasteiger partial charge in [0.25, 0.3) is 0 Å². The number of hydrogen-bond donors (Lipinski definition) is 6. The third-order valence-corrected chi connectivity index (χ3v) is 5.44. The molecule has 0 spiro atoms. The minimum atomic E-state index is 0.419. The highest BCUT2D eigenvalue weighted by Gasteiger charge is 2.15. The van der Waals surface area contributed by atoms with Gasteiger partial charge in [-0.1, -0.05) is 35.3 Å². The summed E-state index contributed by atoms with van der Waals surface area (Å²) >= 11 is 12.6. The number of nitrogens with two attached hydrogens (primary N) is 1. The number of aromatic nitrogens is 3. The molecule has 2 aromatic heterocycles. The number of anilines is 5. The fourth-order valence-corrected chi connectivity index (χ4v) is 3.71. The average Bonchev–Trinajstić information content (AvgIpc) is 2.88. The molecule has 178 valence electrons. The van der Waals surface area contributed by atoms with Crippen LogP contribution < -0.4 is 27.0 Å². The van der Waals surface area contributed by atoms with Crippen molar-refractivity contribution in [2.75, 3.05) is 34.5 Å². The first-order valence-corrected chi connectivity index (χ1v) is 11.3. The van der Waals surface area contributed by atoms with Gasteiger partial charge in [-0.25, -0.2) is 15.0 Å². The zero-order chi connectivity index (χ0) is 24.6. The van der Waals surface area contributed by atoms with Gasteiger partial charge >= 0.3 is 0 Å². The summed E-state index contributed by atoms with van der Waals surface area (Å²) in [4.78, 5) is 13.3. The van der Waals surface area contributed by atoms with E-state index in [2.05, 4.69) is 31.0 Å². The van der Waals surface area contributed by atoms with Crippen molar-refractivity contribution in [1.82, 2.24) is 15.0 Å². The summed E-state index contributed by atoms with van der Waals surface area (Å²) in [5, 5.41) is 23.3. The number of halogens is 2. The summed E-state index contributed by atoms with van der Waals surface area (Å²) in [7, 11) is 0. The molecule has 0 unspecified atom stereocenters. The summed E-state index contributed by atoms with van der Waals surface area (Å²) in [6.07, 6.45) is 3.18. The second-order valence-electron chi connectivity index (χ2n) is 7.25. The van der Waals surface area contributed by atoms with Crippen molar-refractivity contribution in [3.8, 4) is 11.3 Å². The van der Waals surface area contributed by atoms with Gasteiger partial charge in [0, 0.05) is 23.7 Å². The molecule has 35 heavy (non-hydrogen) atoms. The molecule has 0 radical (unpaired) electrons. The topological polar surface area (TPSA) is 145 Å². The lowest BCUT2D eigenvalue weighted by atomic mass is 10.1. The van der Waals surface area contributed by atoms with Crippen molar-refractivity contribution in [2.45, 2.75) is 0 Å². The number of nitrogens with zero attached hydrogens (tertiary/aromatic N) is 4. The molecule has 10 nitrogen and oxygen atoms in total. The molecule has 4 rings (SSSR count). The van der Waals surface area contributed by atoms with Crippen molar-refractivity contribution in [1.29, 1.82) is 0 Å². The highest BCUT2D eigenvalue weighted by atomic mass is 35.5. The summed E-state index contributed by atoms with van der Waals surface area (Å²) < 4.78 is 0. The Balaban J connectivity index is 1.54. The Labute approximate surface area is 211 Å². The van der Waals surface area contributed by atoms with Gasteiger partial charge in [-0.15, -0.1) is 0 Å². The quantitative estimate of drug-likeness (QED) is 0.102. The molecule has 0 amide bonds. The van der Waals surface area contributed by atoms with E-state index >= 15 is 0 Å². The zero-order valence-electron chi connectivity index (χ0n) is 18.3. The molecule has 0 aliphatic heterocycles. The number of benzene rings is 2. The van der Waals surface area contributed by atoms with E-state index in [-0.39, 0.29) is 0 Å². The fraction of sp³-hybridized carbons (Fsp3) is 0.0870. The van der Waals surface area contributed by atoms with E-state index in [4.69, 9.17) is 38.9 Å². The predicted molar refractivity (Wildman–Crippen MR) is 138 cm³/mol. The Hall–Kier alpha value is -3.99. The van der Waals surface area contributed by atoms with Crippen LogP contribution >= 0.6 is 23.2 Å². The minimum Gasteiger partial charge on any atom is -0.368 e. The Morgan fingerprint density at radius 3 is 2.49 bits per heavy atom. The first-order chi connectivity index (χ1) is 17.1. The molecule has 2 heterocycles. The fourth-order valence-electron chi connectivity index (χ4n) is 3.21. The molecular formula is C23H22Cl2N9O+. The number of hydrogen-bond acceptors (Lipinski definition) is 9. The third-order valence-electron chi connectivity index (χ3n) is 4.89. The largest absolute Gasteiger partial charge is 0.368 e. The predicted octanol–water partition coefficient (Wildman–Crippen LogP) is 4.76. The van der Waals surface area contributed by atoms with E-state index in [9.17, 15) is 0 Å². The Morgan fingerprint density at radius 2 is 1.74 bits per heavy atom. The van der Waals surface area contributed by atoms with Gasteiger partial charge in [0.1, 0.15) is 11.5 Å². The van der Waals surface area contributed by atoms with E-state index in [0.717, 1.165) is 0 Å². The van der Waals surface area contributed by atoms with Gasteiger partial charge < -0.3 is 16.0 Å². The standard InChI is InChI=1S/C23H21Cl2N9O/c24-14-5-7-16(17(25)11-14)22-20(31-18-3-1-2-4-19(18)33-26)13-30-23(32-22)28-10-9-27-21-8-6-15(34-35)12-29-21/h1-8,11-13,26,31,34-35H,9-10H2,(H,27,29)(H,28,30,32)/p+1. The maximum Gasteiger partial charge on any atom is 0.223 e. The van der Waals surface area contributed by atoms with Crippen LogP contribution in [0.3, 0.4) is 0 Å². The van der Waals surface area contributed by atoms with Crippen molar-refractivity contribution in [3.05, 3.63) is 77.0 Å². The van der Waals surface area contributed by atoms with Crippen molar-refractivity contribution >= 4 is 57.7 Å². The normalized spacial score (nSPS) is 10.5. The SMILES string of the molecule is [NH2+]=Nc1ccccc1Nc1cnc(NCCNc2ccc(NO)cn2)nc1-c1ccc(Cl)cc1Cl. The Morgan fingerprint density at radius 1 is 0.914 bits per heavy atom. The van der Waals surface area contributed by atoms with Crippen LogP contribution in [0.25, 0.3) is 11.3 Å². The molecule has 0 atom stereocenters. The first kappa shape index (κ1) is 24.1. The van der Waals surface area contributed by atoms with Crippen LogP contribution in [0.15, 0.2) is 72.1 Å². The number of para-hydroxylation sites is 1. The summed E-state index contributed by atoms with van der Waals surface area (Å²) in [6, 6.07) is 16.0. The smallest absolute Gasteiger partial charge is 0.223 e. The van der Waals surface area contributed by atoms with Gasteiger partial charge in [0.15, 0.2) is 5.69 Å². The van der Waals surface area contributed by atoms with Gasteiger partial charge in [-0.05, 0) is 47.6 Å². The van der Waals surface area contributed by atoms with E-state index < -0.39 is 0 Å². The summed E-state index contributed by atoms with van der Waals surface area (Å²) in [5.41, 5.74) is 11.3. The molecule has 0 bridgehead atoms. The van der Waals surface area contributed by atoms with Crippen molar-refractivity contribution in [3.63, 3.8) is 0 Å². The molecule has 0 aliphatic carbocycles. The van der Waals surface area contributed by atoms with Gasteiger partial charge in [0.2, 0.25) is 5.95 Å². The second kappa shape index (κ2) is 11.4. The summed E-state index contributed by atoms with van der Waals surface area (Å²) in [6.45, 7) is 1.09. The maximum absolute atomic E-state index is 8.87. The second-order valence-corrected chi connectivity index (χ2v) is 8.09. The van der Waals surface area contributed by atoms with Crippen molar-refractivity contribution < 1.29 is 10.7 Å². The molecule has 2 aromatic carbocycles. The molecule has 0 aliphatic rings. The zero-order valence-corrected chi connectivity index (χ0v) is 19.8. The van der Waals surface area contributed by atoms with Crippen LogP contribution in [0.1, 0.15) is 0 Å². The third kappa shape index (κ3) is 6.12. The van der Waals surface area contributed by atoms with Crippen LogP contribution in [0.2, 0.25) is 10.0 Å². The van der Waals surface area contributed by atoms with E-state index in [1.54, 1.807) is 42.6 Å². The average molecular weight is 511 g/mol. The van der Waals surface area contributed by atoms with E-state index in [1.165, 1.54) is 6.20 Å². The van der Waals surface area contributed by atoms with Crippen LogP contribution in [-0.2, 0) is 0 Å². The molecule has 7 N–H and O–H groups in total. The number of rotatable bonds is 10. The monoisotopic (exact) mass is 510 g/mol. The van der Waals surface area contributed by atoms with Crippen LogP contribution in [0.5, 0.6) is 0 Å². The highest BCUT2D eigenvalue weighted by molar-refractivity contribution is 6.36. The van der Waals surface area contributed by atoms with E-state index in [0.29, 0.717) is 68.9 Å². The number of pyridine rings is 1. The van der Waals surface area contributed by atoms with E-state index in [1.807, 2.05) is 23.7 Å². The molecular weight excluding hydrogens is 489 g/mol. The van der Waals surface area contributed by atoms with Gasteiger partial charge in [0.05, 0.1) is 34.5 Å². The molecule has 12 heteroatoms. The van der Waals surface area contributed by atoms with Crippen LogP contribution in [-0.4, -0.2) is 33.2 Å². The van der Waals surface area contributed by atoms with Gasteiger partial charge in [-0.2, -0.15) is 5.53 Å². The summed E-state index contributed by atoms with van der Waals surface area (Å²) in [5.74, 6) is 1.09. The first-order valence-electron chi connectivity index (χ1n) is 10.5. The maximum atomic E-state index is 8.87. The molecule has 0 saturated heterocycles. The lowest BCUT2D eigenvalue weighted by Crippen LogP contribution is -2.22. The molecule has 0 saturated carbocycles. The lowest BCUT2D eigenvalue weighted by molar-refractivity contribution is -0.210. The Kier molecular flexibility index (Phi) is 7.88. The minimum absolute atomic E-state index is 0.419. The lowest BCUT2D eigenvalue weighted by Gasteiger charge is -2.15. The van der Waals surface area contributed by atoms with Crippen molar-refractivity contribution in [2.24, 2.45) is 5.11 Å².